The average molecular weight is 388 g/mol. The highest BCUT2D eigenvalue weighted by molar-refractivity contribution is 5.73. The van der Waals surface area contributed by atoms with Crippen molar-refractivity contribution >= 4 is 18.2 Å². The molecule has 1 saturated heterocycles. The molecule has 0 aromatic heterocycles. The van der Waals surface area contributed by atoms with Gasteiger partial charge in [-0.2, -0.15) is 0 Å². The smallest absolute Gasteiger partial charge is 0.335 e. The molecular weight excluding hydrogens is 368 g/mol. The Morgan fingerprint density at radius 3 is 1.73 bits per heavy atom. The van der Waals surface area contributed by atoms with Gasteiger partial charge in [0.25, 0.3) is 0 Å². The van der Waals surface area contributed by atoms with Gasteiger partial charge in [0.1, 0.15) is 36.6 Å². The van der Waals surface area contributed by atoms with Gasteiger partial charge >= 0.3 is 11.9 Å². The summed E-state index contributed by atoms with van der Waals surface area (Å²) in [6, 6.07) is 0. The summed E-state index contributed by atoms with van der Waals surface area (Å²) in [4.78, 5) is 30.3. The van der Waals surface area contributed by atoms with Crippen molar-refractivity contribution in [3.05, 3.63) is 0 Å². The minimum atomic E-state index is -2.25. The number of carbonyl (C=O) groups is 3. The molecule has 14 heteroatoms. The van der Waals surface area contributed by atoms with Crippen molar-refractivity contribution in [2.75, 3.05) is 0 Å². The number of hydrogen-bond donors (Lipinski definition) is 10. The van der Waals surface area contributed by atoms with Gasteiger partial charge in [-0.1, -0.05) is 0 Å². The number of ether oxygens (including phenoxy) is 1. The van der Waals surface area contributed by atoms with Gasteiger partial charge in [-0.05, 0) is 0 Å². The molecular formula is C12H20O14. The molecule has 0 aliphatic carbocycles. The Morgan fingerprint density at radius 2 is 1.35 bits per heavy atom. The molecule has 1 aliphatic rings. The summed E-state index contributed by atoms with van der Waals surface area (Å²) in [7, 11) is 0. The van der Waals surface area contributed by atoms with E-state index in [0.29, 0.717) is 0 Å². The summed E-state index contributed by atoms with van der Waals surface area (Å²) >= 11 is 0. The van der Waals surface area contributed by atoms with Crippen LogP contribution in [0.2, 0.25) is 0 Å². The van der Waals surface area contributed by atoms with Crippen LogP contribution in [0, 0.1) is 0 Å². The highest BCUT2D eigenvalue weighted by atomic mass is 16.6. The molecule has 1 heterocycles. The minimum absolute atomic E-state index is 0.0809. The second-order valence-electron chi connectivity index (χ2n) is 5.15. The van der Waals surface area contributed by atoms with E-state index in [-0.39, 0.29) is 6.29 Å². The zero-order valence-corrected chi connectivity index (χ0v) is 12.9. The van der Waals surface area contributed by atoms with E-state index in [2.05, 4.69) is 4.74 Å². The van der Waals surface area contributed by atoms with Crippen molar-refractivity contribution in [1.82, 2.24) is 0 Å². The topological polar surface area (TPSA) is 263 Å². The predicted molar refractivity (Wildman–Crippen MR) is 74.3 cm³/mol. The maximum Gasteiger partial charge on any atom is 0.335 e. The van der Waals surface area contributed by atoms with E-state index in [1.807, 2.05) is 0 Å². The van der Waals surface area contributed by atoms with Crippen LogP contribution in [0.5, 0.6) is 0 Å². The van der Waals surface area contributed by atoms with Crippen molar-refractivity contribution in [3.63, 3.8) is 0 Å². The number of carbonyl (C=O) groups excluding carboxylic acids is 1. The van der Waals surface area contributed by atoms with Crippen LogP contribution in [0.3, 0.4) is 0 Å². The van der Waals surface area contributed by atoms with Gasteiger partial charge in [0.05, 0.1) is 0 Å². The SMILES string of the molecule is O=C(O)[C@H]1O[C@@H](O)[C@H](O)[C@@H](O)[C@@H]1O.O=C[C@H](O)[C@@H](O)[C@H](O)[C@H](O)C(=O)O. The number of hydrogen-bond acceptors (Lipinski definition) is 12. The Morgan fingerprint density at radius 1 is 0.846 bits per heavy atom. The second kappa shape index (κ2) is 10.4. The fourth-order valence-corrected chi connectivity index (χ4v) is 1.68. The van der Waals surface area contributed by atoms with Crippen molar-refractivity contribution in [1.29, 1.82) is 0 Å². The van der Waals surface area contributed by atoms with Crippen LogP contribution in [0.15, 0.2) is 0 Å². The summed E-state index contributed by atoms with van der Waals surface area (Å²) in [5.74, 6) is -3.28. The van der Waals surface area contributed by atoms with E-state index in [1.165, 1.54) is 0 Å². The molecule has 152 valence electrons. The standard InChI is InChI=1S/2C6H10O7/c7-1-2(8)4(5(10)11)13-6(12)3(1)9;7-1-2(8)3(9)4(10)5(11)6(12)13/h1-4,6-9,12H,(H,10,11);1-5,8-11H,(H,12,13)/t1-,2-,3+,4-,6+;2-,3+,4-,5-/m00/s1. The molecule has 10 N–H and O–H groups in total. The molecule has 1 aliphatic heterocycles. The molecule has 9 atom stereocenters. The van der Waals surface area contributed by atoms with Crippen LogP contribution in [-0.2, 0) is 19.1 Å². The van der Waals surface area contributed by atoms with Gasteiger partial charge in [0.2, 0.25) is 0 Å². The van der Waals surface area contributed by atoms with E-state index in [0.717, 1.165) is 0 Å². The zero-order valence-electron chi connectivity index (χ0n) is 12.9. The molecule has 1 rings (SSSR count). The molecule has 26 heavy (non-hydrogen) atoms. The van der Waals surface area contributed by atoms with Crippen molar-refractivity contribution in [3.8, 4) is 0 Å². The van der Waals surface area contributed by atoms with Gasteiger partial charge < -0.3 is 60.6 Å². The number of aliphatic hydroxyl groups is 8. The Bertz CT molecular complexity index is 483. The highest BCUT2D eigenvalue weighted by Crippen LogP contribution is 2.19. The van der Waals surface area contributed by atoms with E-state index in [1.54, 1.807) is 0 Å². The van der Waals surface area contributed by atoms with Crippen molar-refractivity contribution < 1.29 is 70.2 Å². The van der Waals surface area contributed by atoms with Gasteiger partial charge in [-0.25, -0.2) is 9.59 Å². The maximum absolute atomic E-state index is 10.4. The Labute approximate surface area is 144 Å². The van der Waals surface area contributed by atoms with Gasteiger partial charge in [0, 0.05) is 0 Å². The first kappa shape index (κ1) is 24.2. The minimum Gasteiger partial charge on any atom is -0.479 e. The summed E-state index contributed by atoms with van der Waals surface area (Å²) < 4.78 is 4.34. The van der Waals surface area contributed by atoms with E-state index < -0.39 is 67.1 Å². The van der Waals surface area contributed by atoms with E-state index in [9.17, 15) is 14.4 Å². The molecule has 0 saturated carbocycles. The number of aldehydes is 1. The van der Waals surface area contributed by atoms with Crippen molar-refractivity contribution in [2.45, 2.75) is 55.1 Å². The monoisotopic (exact) mass is 388 g/mol. The lowest BCUT2D eigenvalue weighted by Gasteiger charge is -2.36. The lowest BCUT2D eigenvalue weighted by Crippen LogP contribution is -2.59. The first-order chi connectivity index (χ1) is 11.9. The lowest BCUT2D eigenvalue weighted by molar-refractivity contribution is -0.279. The molecule has 0 bridgehead atoms. The molecule has 0 unspecified atom stereocenters. The van der Waals surface area contributed by atoms with Crippen LogP contribution >= 0.6 is 0 Å². The first-order valence-electron chi connectivity index (χ1n) is 6.87. The summed E-state index contributed by atoms with van der Waals surface area (Å²) in [5.41, 5.74) is 0. The van der Waals surface area contributed by atoms with Gasteiger partial charge in [-0.3, -0.25) is 0 Å². The van der Waals surface area contributed by atoms with Crippen LogP contribution in [0.1, 0.15) is 0 Å². The number of carboxylic acids is 2. The molecule has 0 aromatic carbocycles. The molecule has 14 nitrogen and oxygen atoms in total. The summed E-state index contributed by atoms with van der Waals surface area (Å²) in [6.07, 6.45) is -17.1. The lowest BCUT2D eigenvalue weighted by atomic mass is 9.99. The Balaban J connectivity index is 0.000000481. The summed E-state index contributed by atoms with van der Waals surface area (Å²) in [6.45, 7) is 0. The maximum atomic E-state index is 10.4. The highest BCUT2D eigenvalue weighted by Gasteiger charge is 2.46. The Hall–Kier alpha value is -1.75. The zero-order chi connectivity index (χ0) is 20.8. The van der Waals surface area contributed by atoms with Crippen LogP contribution in [0.4, 0.5) is 0 Å². The molecule has 0 amide bonds. The van der Waals surface area contributed by atoms with Gasteiger partial charge in [0.15, 0.2) is 24.8 Å². The van der Waals surface area contributed by atoms with Crippen LogP contribution in [-0.4, -0.2) is 124 Å². The largest absolute Gasteiger partial charge is 0.479 e. The third-order valence-electron chi connectivity index (χ3n) is 3.25. The fourth-order valence-electron chi connectivity index (χ4n) is 1.68. The average Bonchev–Trinajstić information content (AvgIpc) is 2.60. The fraction of sp³-hybridized carbons (Fsp3) is 0.750. The third-order valence-corrected chi connectivity index (χ3v) is 3.25. The number of rotatable bonds is 6. The van der Waals surface area contributed by atoms with E-state index >= 15 is 0 Å². The molecule has 0 aromatic rings. The van der Waals surface area contributed by atoms with Crippen molar-refractivity contribution in [2.24, 2.45) is 0 Å². The summed E-state index contributed by atoms with van der Waals surface area (Å²) in [5, 5.41) is 87.6. The second-order valence-corrected chi connectivity index (χ2v) is 5.15. The Kier molecular flexibility index (Phi) is 9.71. The van der Waals surface area contributed by atoms with Gasteiger partial charge in [-0.15, -0.1) is 0 Å². The normalized spacial score (nSPS) is 33.0. The third kappa shape index (κ3) is 6.20. The number of carboxylic acid groups (broad SMARTS) is 2. The molecule has 1 fully saturated rings. The molecule has 0 spiro atoms. The predicted octanol–water partition coefficient (Wildman–Crippen LogP) is -6.42. The quantitative estimate of drug-likeness (QED) is 0.190. The van der Waals surface area contributed by atoms with Crippen LogP contribution < -0.4 is 0 Å². The number of aliphatic hydroxyl groups excluding tert-OH is 8. The van der Waals surface area contributed by atoms with Crippen LogP contribution in [0.25, 0.3) is 0 Å². The molecule has 0 radical (unpaired) electrons. The number of aliphatic carboxylic acids is 2. The van der Waals surface area contributed by atoms with E-state index in [4.69, 9.17) is 51.1 Å². The first-order valence-corrected chi connectivity index (χ1v) is 6.87.